The van der Waals surface area contributed by atoms with E-state index in [4.69, 9.17) is 5.11 Å². The third-order valence-electron chi connectivity index (χ3n) is 2.81. The number of hydrogen-bond acceptors (Lipinski definition) is 5. The predicted octanol–water partition coefficient (Wildman–Crippen LogP) is 1.53. The van der Waals surface area contributed by atoms with Crippen LogP contribution in [0.15, 0.2) is 5.16 Å². The Hall–Kier alpha value is -1.08. The number of carboxylic acid groups (broad SMARTS) is 1. The van der Waals surface area contributed by atoms with Crippen molar-refractivity contribution in [2.24, 2.45) is 0 Å². The number of carbonyl (C=O) groups is 1. The summed E-state index contributed by atoms with van der Waals surface area (Å²) in [6.07, 6.45) is 1.78. The zero-order chi connectivity index (χ0) is 14.4. The second-order valence-corrected chi connectivity index (χ2v) is 5.69. The van der Waals surface area contributed by atoms with Gasteiger partial charge in [-0.15, -0.1) is 10.2 Å². The van der Waals surface area contributed by atoms with Crippen LogP contribution in [0.25, 0.3) is 0 Å². The van der Waals surface area contributed by atoms with Gasteiger partial charge in [-0.3, -0.25) is 4.79 Å². The largest absolute Gasteiger partial charge is 0.481 e. The van der Waals surface area contributed by atoms with E-state index >= 15 is 0 Å². The van der Waals surface area contributed by atoms with E-state index in [0.29, 0.717) is 5.16 Å². The van der Waals surface area contributed by atoms with Crippen LogP contribution in [0.1, 0.15) is 32.1 Å². The fourth-order valence-electron chi connectivity index (χ4n) is 1.79. The normalized spacial score (nSPS) is 12.9. The molecule has 0 amide bonds. The number of carboxylic acids is 1. The highest BCUT2D eigenvalue weighted by atomic mass is 32.2. The summed E-state index contributed by atoms with van der Waals surface area (Å²) in [6, 6.07) is 0.267. The van der Waals surface area contributed by atoms with Gasteiger partial charge in [-0.05, 0) is 34.0 Å². The molecule has 19 heavy (non-hydrogen) atoms. The van der Waals surface area contributed by atoms with Crippen LogP contribution in [0.4, 0.5) is 0 Å². The molecule has 108 valence electrons. The molecule has 0 saturated carbocycles. The van der Waals surface area contributed by atoms with Crippen molar-refractivity contribution in [1.29, 1.82) is 0 Å². The van der Waals surface area contributed by atoms with Gasteiger partial charge >= 0.3 is 5.97 Å². The van der Waals surface area contributed by atoms with Crippen LogP contribution in [0.3, 0.4) is 0 Å². The van der Waals surface area contributed by atoms with Gasteiger partial charge < -0.3 is 14.6 Å². The fraction of sp³-hybridized carbons (Fsp3) is 0.750. The van der Waals surface area contributed by atoms with Gasteiger partial charge in [-0.2, -0.15) is 0 Å². The maximum atomic E-state index is 10.7. The maximum absolute atomic E-state index is 10.7. The molecule has 1 aromatic heterocycles. The molecule has 1 unspecified atom stereocenters. The quantitative estimate of drug-likeness (QED) is 0.731. The Morgan fingerprint density at radius 3 is 2.68 bits per heavy atom. The SMILES string of the molecule is CCc1nnc(SCC(=O)O)n1C(C)CCN(C)C. The zero-order valence-corrected chi connectivity index (χ0v) is 12.8. The number of aromatic nitrogens is 3. The van der Waals surface area contributed by atoms with Crippen molar-refractivity contribution in [1.82, 2.24) is 19.7 Å². The first-order valence-corrected chi connectivity index (χ1v) is 7.37. The first-order chi connectivity index (χ1) is 8.95. The summed E-state index contributed by atoms with van der Waals surface area (Å²) in [7, 11) is 4.08. The Balaban J connectivity index is 2.82. The lowest BCUT2D eigenvalue weighted by Gasteiger charge is -2.19. The smallest absolute Gasteiger partial charge is 0.313 e. The van der Waals surface area contributed by atoms with Crippen LogP contribution < -0.4 is 0 Å². The van der Waals surface area contributed by atoms with E-state index in [0.717, 1.165) is 25.2 Å². The number of nitrogens with zero attached hydrogens (tertiary/aromatic N) is 4. The van der Waals surface area contributed by atoms with Crippen molar-refractivity contribution >= 4 is 17.7 Å². The highest BCUT2D eigenvalue weighted by molar-refractivity contribution is 7.99. The number of rotatable bonds is 8. The first-order valence-electron chi connectivity index (χ1n) is 6.38. The highest BCUT2D eigenvalue weighted by Crippen LogP contribution is 2.23. The average molecular weight is 286 g/mol. The van der Waals surface area contributed by atoms with Gasteiger partial charge in [0.1, 0.15) is 5.82 Å². The number of thioether (sulfide) groups is 1. The molecule has 1 atom stereocenters. The summed E-state index contributed by atoms with van der Waals surface area (Å²) < 4.78 is 2.07. The maximum Gasteiger partial charge on any atom is 0.313 e. The van der Waals surface area contributed by atoms with Crippen molar-refractivity contribution in [3.8, 4) is 0 Å². The minimum atomic E-state index is -0.835. The van der Waals surface area contributed by atoms with Gasteiger partial charge in [0.25, 0.3) is 0 Å². The molecule has 0 aromatic carbocycles. The third kappa shape index (κ3) is 4.83. The van der Waals surface area contributed by atoms with Crippen LogP contribution in [0, 0.1) is 0 Å². The molecule has 0 aliphatic carbocycles. The molecule has 0 bridgehead atoms. The summed E-state index contributed by atoms with van der Waals surface area (Å²) in [4.78, 5) is 12.8. The topological polar surface area (TPSA) is 71.2 Å². The van der Waals surface area contributed by atoms with Gasteiger partial charge in [0, 0.05) is 12.5 Å². The van der Waals surface area contributed by atoms with Crippen molar-refractivity contribution in [2.45, 2.75) is 37.9 Å². The van der Waals surface area contributed by atoms with Crippen LogP contribution in [-0.2, 0) is 11.2 Å². The lowest BCUT2D eigenvalue weighted by Crippen LogP contribution is -2.19. The Morgan fingerprint density at radius 1 is 1.47 bits per heavy atom. The summed E-state index contributed by atoms with van der Waals surface area (Å²) in [5.74, 6) is 0.0973. The summed E-state index contributed by atoms with van der Waals surface area (Å²) in [5, 5.41) is 17.7. The molecule has 1 rings (SSSR count). The monoisotopic (exact) mass is 286 g/mol. The van der Waals surface area contributed by atoms with Crippen LogP contribution in [0.2, 0.25) is 0 Å². The summed E-state index contributed by atoms with van der Waals surface area (Å²) in [6.45, 7) is 5.13. The van der Waals surface area contributed by atoms with Crippen molar-refractivity contribution < 1.29 is 9.90 Å². The molecule has 1 heterocycles. The predicted molar refractivity (Wildman–Crippen MR) is 75.6 cm³/mol. The second kappa shape index (κ2) is 7.49. The molecule has 0 aliphatic rings. The van der Waals surface area contributed by atoms with E-state index < -0.39 is 5.97 Å². The van der Waals surface area contributed by atoms with Gasteiger partial charge in [0.05, 0.1) is 5.75 Å². The van der Waals surface area contributed by atoms with Gasteiger partial charge in [0.2, 0.25) is 0 Å². The van der Waals surface area contributed by atoms with Gasteiger partial charge in [-0.1, -0.05) is 18.7 Å². The molecule has 0 aliphatic heterocycles. The lowest BCUT2D eigenvalue weighted by molar-refractivity contribution is -0.133. The molecular formula is C12H22N4O2S. The van der Waals surface area contributed by atoms with E-state index in [9.17, 15) is 4.79 Å². The number of aliphatic carboxylic acids is 1. The van der Waals surface area contributed by atoms with E-state index in [-0.39, 0.29) is 11.8 Å². The fourth-order valence-corrected chi connectivity index (χ4v) is 2.57. The van der Waals surface area contributed by atoms with Crippen LogP contribution in [0.5, 0.6) is 0 Å². The molecule has 0 fully saturated rings. The molecular weight excluding hydrogens is 264 g/mol. The van der Waals surface area contributed by atoms with Crippen molar-refractivity contribution in [2.75, 3.05) is 26.4 Å². The molecule has 7 heteroatoms. The zero-order valence-electron chi connectivity index (χ0n) is 12.0. The lowest BCUT2D eigenvalue weighted by atomic mass is 10.2. The van der Waals surface area contributed by atoms with E-state index in [1.807, 2.05) is 21.0 Å². The Morgan fingerprint density at radius 2 is 2.16 bits per heavy atom. The Bertz CT molecular complexity index is 420. The summed E-state index contributed by atoms with van der Waals surface area (Å²) in [5.41, 5.74) is 0. The first kappa shape index (κ1) is 16.0. The third-order valence-corrected chi connectivity index (χ3v) is 3.74. The van der Waals surface area contributed by atoms with Crippen molar-refractivity contribution in [3.63, 3.8) is 0 Å². The van der Waals surface area contributed by atoms with Crippen LogP contribution >= 0.6 is 11.8 Å². The molecule has 0 spiro atoms. The summed E-state index contributed by atoms with van der Waals surface area (Å²) >= 11 is 1.23. The minimum Gasteiger partial charge on any atom is -0.481 e. The number of aryl methyl sites for hydroxylation is 1. The Kier molecular flexibility index (Phi) is 6.30. The molecule has 0 saturated heterocycles. The highest BCUT2D eigenvalue weighted by Gasteiger charge is 2.17. The molecule has 1 aromatic rings. The van der Waals surface area contributed by atoms with Crippen molar-refractivity contribution in [3.05, 3.63) is 5.82 Å². The average Bonchev–Trinajstić information content (AvgIpc) is 2.76. The van der Waals surface area contributed by atoms with E-state index in [2.05, 4.69) is 26.6 Å². The van der Waals surface area contributed by atoms with E-state index in [1.54, 1.807) is 0 Å². The number of hydrogen-bond donors (Lipinski definition) is 1. The molecule has 1 N–H and O–H groups in total. The second-order valence-electron chi connectivity index (χ2n) is 4.75. The van der Waals surface area contributed by atoms with Crippen LogP contribution in [-0.4, -0.2) is 57.1 Å². The van der Waals surface area contributed by atoms with Gasteiger partial charge in [-0.25, -0.2) is 0 Å². The standard InChI is InChI=1S/C12H22N4O2S/c1-5-10-13-14-12(19-8-11(17)18)16(10)9(2)6-7-15(3)4/h9H,5-8H2,1-4H3,(H,17,18). The molecule has 0 radical (unpaired) electrons. The van der Waals surface area contributed by atoms with Gasteiger partial charge in [0.15, 0.2) is 5.16 Å². The molecule has 6 nitrogen and oxygen atoms in total. The van der Waals surface area contributed by atoms with E-state index in [1.165, 1.54) is 11.8 Å². The Labute approximate surface area is 118 Å². The minimum absolute atomic E-state index is 0.0161.